The van der Waals surface area contributed by atoms with E-state index in [1.807, 2.05) is 26.8 Å². The molecule has 52 heavy (non-hydrogen) atoms. The predicted octanol–water partition coefficient (Wildman–Crippen LogP) is 9.20. The van der Waals surface area contributed by atoms with Crippen LogP contribution in [0.3, 0.4) is 0 Å². The number of carbonyl (C=O) groups excluding carboxylic acids is 2. The number of hydrogen-bond acceptors (Lipinski definition) is 8. The Morgan fingerprint density at radius 2 is 1.58 bits per heavy atom. The van der Waals surface area contributed by atoms with E-state index in [9.17, 15) is 9.59 Å². The van der Waals surface area contributed by atoms with Gasteiger partial charge in [-0.3, -0.25) is 4.90 Å². The Labute approximate surface area is 312 Å². The summed E-state index contributed by atoms with van der Waals surface area (Å²) in [5.41, 5.74) is 0.245. The number of nitrogens with zero attached hydrogens (tertiary/aromatic N) is 5. The molecule has 1 aromatic carbocycles. The number of aromatic nitrogens is 3. The number of hydrogen-bond donors (Lipinski definition) is 1. The second-order valence-electron chi connectivity index (χ2n) is 17.1. The van der Waals surface area contributed by atoms with Crippen LogP contribution < -0.4 is 15.1 Å². The van der Waals surface area contributed by atoms with Gasteiger partial charge in [0.05, 0.1) is 12.7 Å². The first-order valence-electron chi connectivity index (χ1n) is 18.6. The van der Waals surface area contributed by atoms with Crippen molar-refractivity contribution in [3.63, 3.8) is 0 Å². The Hall–Kier alpha value is -3.71. The van der Waals surface area contributed by atoms with Crippen molar-refractivity contribution in [1.82, 2.24) is 19.9 Å². The Morgan fingerprint density at radius 1 is 0.942 bits per heavy atom. The highest BCUT2D eigenvalue weighted by molar-refractivity contribution is 6.48. The molecule has 0 aliphatic carbocycles. The van der Waals surface area contributed by atoms with E-state index < -0.39 is 38.2 Å². The van der Waals surface area contributed by atoms with Crippen molar-refractivity contribution in [2.75, 3.05) is 22.9 Å². The Bertz CT molecular complexity index is 1630. The molecule has 1 N–H and O–H groups in total. The largest absolute Gasteiger partial charge is 0.444 e. The minimum absolute atomic E-state index is 0.0769. The standard InChI is InChI=1S/C39H63FN6O5Si/c1-27(2)29-25-42-46-32(45(36(48)50-39(9,10)11)26-28-20-16-17-21-30(28)40)24-31(43-33(29)46)44(34(37(3,4)5)51-52(12)13)23-19-15-14-18-22-41-35(47)49-38(6,7)8/h16-17,20-21,24-25,27,34,52H,14-15,18-19,22-23,26H2,1-13H3,(H,41,47)/t34-/m1/s1. The number of carbonyl (C=O) groups is 2. The number of rotatable bonds is 15. The molecule has 2 heterocycles. The highest BCUT2D eigenvalue weighted by Gasteiger charge is 2.35. The van der Waals surface area contributed by atoms with Gasteiger partial charge in [-0.05, 0) is 79.5 Å². The third kappa shape index (κ3) is 12.8. The summed E-state index contributed by atoms with van der Waals surface area (Å²) in [6.07, 6.45) is 3.92. The number of ether oxygens (including phenoxy) is 2. The molecular formula is C39H63FN6O5Si. The minimum atomic E-state index is -1.54. The normalized spacial score (nSPS) is 13.1. The third-order valence-corrected chi connectivity index (χ3v) is 8.78. The fourth-order valence-corrected chi connectivity index (χ4v) is 6.74. The zero-order valence-corrected chi connectivity index (χ0v) is 35.0. The van der Waals surface area contributed by atoms with E-state index in [4.69, 9.17) is 24.0 Å². The molecule has 3 rings (SSSR count). The van der Waals surface area contributed by atoms with E-state index >= 15 is 4.39 Å². The van der Waals surface area contributed by atoms with Gasteiger partial charge in [-0.2, -0.15) is 9.61 Å². The molecule has 0 saturated carbocycles. The van der Waals surface area contributed by atoms with Crippen LogP contribution in [0, 0.1) is 11.2 Å². The van der Waals surface area contributed by atoms with E-state index in [2.05, 4.69) is 57.9 Å². The summed E-state index contributed by atoms with van der Waals surface area (Å²) in [5, 5.41) is 7.55. The van der Waals surface area contributed by atoms with Crippen molar-refractivity contribution in [1.29, 1.82) is 0 Å². The molecule has 13 heteroatoms. The van der Waals surface area contributed by atoms with Crippen LogP contribution in [0.2, 0.25) is 13.1 Å². The number of benzene rings is 1. The number of halogens is 1. The number of anilines is 2. The first kappa shape index (κ1) is 42.7. The summed E-state index contributed by atoms with van der Waals surface area (Å²) in [7, 11) is -1.54. The molecule has 0 radical (unpaired) electrons. The Morgan fingerprint density at radius 3 is 2.15 bits per heavy atom. The van der Waals surface area contributed by atoms with Gasteiger partial charge in [0, 0.05) is 35.7 Å². The SMILES string of the molecule is CC(C)c1cnn2c(N(Cc3ccccc3F)C(=O)OC(C)(C)C)cc(N(CCCCCCNC(=O)OC(C)(C)C)[C@H](O[SiH](C)C)C(C)(C)C)nc12. The first-order valence-corrected chi connectivity index (χ1v) is 21.4. The highest BCUT2D eigenvalue weighted by atomic mass is 28.3. The first-order chi connectivity index (χ1) is 24.1. The smallest absolute Gasteiger partial charge is 0.416 e. The summed E-state index contributed by atoms with van der Waals surface area (Å²) < 4.78 is 34.8. The Balaban J connectivity index is 2.09. The van der Waals surface area contributed by atoms with Crippen molar-refractivity contribution < 1.29 is 27.9 Å². The summed E-state index contributed by atoms with van der Waals surface area (Å²) in [5.74, 6) is 0.719. The van der Waals surface area contributed by atoms with Crippen LogP contribution in [-0.4, -0.2) is 66.3 Å². The van der Waals surface area contributed by atoms with Gasteiger partial charge < -0.3 is 24.1 Å². The molecule has 1 atom stereocenters. The van der Waals surface area contributed by atoms with Crippen LogP contribution in [0.5, 0.6) is 0 Å². The number of amides is 2. The minimum Gasteiger partial charge on any atom is -0.444 e. The maximum absolute atomic E-state index is 15.2. The second kappa shape index (κ2) is 17.9. The molecule has 0 fully saturated rings. The Kier molecular flexibility index (Phi) is 14.7. The summed E-state index contributed by atoms with van der Waals surface area (Å²) >= 11 is 0. The second-order valence-corrected chi connectivity index (χ2v) is 19.4. The lowest BCUT2D eigenvalue weighted by atomic mass is 9.93. The van der Waals surface area contributed by atoms with Gasteiger partial charge >= 0.3 is 12.2 Å². The molecular weight excluding hydrogens is 680 g/mol. The number of nitrogens with one attached hydrogen (secondary N) is 1. The van der Waals surface area contributed by atoms with Gasteiger partial charge in [-0.1, -0.05) is 65.7 Å². The lowest BCUT2D eigenvalue weighted by molar-refractivity contribution is 0.0524. The molecule has 0 unspecified atom stereocenters. The monoisotopic (exact) mass is 742 g/mol. The van der Waals surface area contributed by atoms with E-state index in [1.165, 1.54) is 11.0 Å². The molecule has 0 bridgehead atoms. The summed E-state index contributed by atoms with van der Waals surface area (Å²) in [4.78, 5) is 35.0. The van der Waals surface area contributed by atoms with Crippen LogP contribution in [0.15, 0.2) is 36.5 Å². The quantitative estimate of drug-likeness (QED) is 0.0933. The predicted molar refractivity (Wildman–Crippen MR) is 209 cm³/mol. The van der Waals surface area contributed by atoms with E-state index in [-0.39, 0.29) is 24.1 Å². The molecule has 3 aromatic rings. The number of unbranched alkanes of at least 4 members (excludes halogenated alkanes) is 3. The van der Waals surface area contributed by atoms with Crippen molar-refractivity contribution in [2.45, 2.75) is 145 Å². The van der Waals surface area contributed by atoms with Gasteiger partial charge in [-0.25, -0.2) is 19.0 Å². The van der Waals surface area contributed by atoms with Crippen molar-refractivity contribution in [3.8, 4) is 0 Å². The zero-order chi connectivity index (χ0) is 39.0. The van der Waals surface area contributed by atoms with Gasteiger partial charge in [0.2, 0.25) is 0 Å². The van der Waals surface area contributed by atoms with Gasteiger partial charge in [-0.15, -0.1) is 0 Å². The van der Waals surface area contributed by atoms with Gasteiger partial charge in [0.1, 0.15) is 34.9 Å². The van der Waals surface area contributed by atoms with Gasteiger partial charge in [0.25, 0.3) is 0 Å². The molecule has 290 valence electrons. The molecule has 0 aliphatic rings. The maximum atomic E-state index is 15.2. The summed E-state index contributed by atoms with van der Waals surface area (Å²) in [6.45, 7) is 27.0. The van der Waals surface area contributed by atoms with Crippen LogP contribution in [0.1, 0.15) is 119 Å². The average Bonchev–Trinajstić information content (AvgIpc) is 3.43. The maximum Gasteiger partial charge on any atom is 0.416 e. The van der Waals surface area contributed by atoms with Crippen LogP contribution in [-0.2, 0) is 20.4 Å². The molecule has 0 saturated heterocycles. The van der Waals surface area contributed by atoms with Crippen LogP contribution >= 0.6 is 0 Å². The molecule has 2 aromatic heterocycles. The van der Waals surface area contributed by atoms with Crippen molar-refractivity contribution in [3.05, 3.63) is 53.5 Å². The topological polar surface area (TPSA) is 111 Å². The molecule has 0 spiro atoms. The van der Waals surface area contributed by atoms with Crippen molar-refractivity contribution in [2.24, 2.45) is 5.41 Å². The van der Waals surface area contributed by atoms with Gasteiger partial charge in [0.15, 0.2) is 14.7 Å². The van der Waals surface area contributed by atoms with E-state index in [0.717, 1.165) is 31.2 Å². The molecule has 2 amide bonds. The third-order valence-electron chi connectivity index (χ3n) is 7.98. The van der Waals surface area contributed by atoms with Crippen molar-refractivity contribution >= 4 is 38.5 Å². The average molecular weight is 743 g/mol. The molecule has 0 aliphatic heterocycles. The number of fused-ring (bicyclic) bond motifs is 1. The van der Waals surface area contributed by atoms with Crippen LogP contribution in [0.25, 0.3) is 5.65 Å². The molecule has 11 nitrogen and oxygen atoms in total. The lowest BCUT2D eigenvalue weighted by Gasteiger charge is -2.42. The lowest BCUT2D eigenvalue weighted by Crippen LogP contribution is -2.49. The van der Waals surface area contributed by atoms with Crippen LogP contribution in [0.4, 0.5) is 25.6 Å². The fourth-order valence-electron chi connectivity index (χ4n) is 5.67. The van der Waals surface area contributed by atoms with E-state index in [1.54, 1.807) is 49.7 Å². The van der Waals surface area contributed by atoms with E-state index in [0.29, 0.717) is 35.9 Å². The summed E-state index contributed by atoms with van der Waals surface area (Å²) in [6, 6.07) is 8.28. The fraction of sp³-hybridized carbons (Fsp3) is 0.641. The number of alkyl carbamates (subject to hydrolysis) is 1. The highest BCUT2D eigenvalue weighted by Crippen LogP contribution is 2.35. The zero-order valence-electron chi connectivity index (χ0n) is 33.8.